The summed E-state index contributed by atoms with van der Waals surface area (Å²) in [5, 5.41) is 26.9. The smallest absolute Gasteiger partial charge is 0.413 e. The Morgan fingerprint density at radius 1 is 0.893 bits per heavy atom. The van der Waals surface area contributed by atoms with Crippen LogP contribution >= 0.6 is 0 Å². The Bertz CT molecular complexity index is 3070. The monoisotopic (exact) mass is 1170 g/mol. The van der Waals surface area contributed by atoms with Crippen LogP contribution in [0, 0.1) is 18.7 Å². The first-order chi connectivity index (χ1) is 40.6. The van der Waals surface area contributed by atoms with Gasteiger partial charge in [-0.15, -0.1) is 0 Å². The van der Waals surface area contributed by atoms with Gasteiger partial charge in [0.2, 0.25) is 17.7 Å². The maximum Gasteiger partial charge on any atom is 0.413 e. The number of nitrogens with two attached hydrogens (primary N) is 1. The van der Waals surface area contributed by atoms with Gasteiger partial charge < -0.3 is 68.8 Å². The number of benzene rings is 2. The molecule has 2 aromatic heterocycles. The summed E-state index contributed by atoms with van der Waals surface area (Å²) in [6.45, 7) is 11.5. The Labute approximate surface area is 484 Å². The maximum atomic E-state index is 15.5. The molecule has 4 heterocycles. The van der Waals surface area contributed by atoms with Crippen molar-refractivity contribution in [3.05, 3.63) is 96.4 Å². The fraction of sp³-hybridized carbons (Fsp3) is 0.561. The fourth-order valence-corrected chi connectivity index (χ4v) is 10.2. The molecule has 2 aliphatic heterocycles. The van der Waals surface area contributed by atoms with Gasteiger partial charge in [-0.25, -0.2) is 19.0 Å². The van der Waals surface area contributed by atoms with E-state index in [1.54, 1.807) is 33.8 Å². The number of aliphatic hydroxyl groups is 1. The Kier molecular flexibility index (Phi) is 24.3. The van der Waals surface area contributed by atoms with Gasteiger partial charge in [-0.3, -0.25) is 30.4 Å². The summed E-state index contributed by atoms with van der Waals surface area (Å²) < 4.78 is 60.6. The quantitative estimate of drug-likeness (QED) is 0.00565. The molecule has 84 heavy (non-hydrogen) atoms. The second-order valence-corrected chi connectivity index (χ2v) is 20.6. The maximum absolute atomic E-state index is 15.5. The summed E-state index contributed by atoms with van der Waals surface area (Å²) in [6.07, 6.45) is 1.29. The third-order valence-corrected chi connectivity index (χ3v) is 14.7. The molecule has 7 rings (SSSR count). The van der Waals surface area contributed by atoms with Crippen molar-refractivity contribution in [3.63, 3.8) is 0 Å². The number of aryl methyl sites for hydroxylation is 1. The molecule has 27 heteroatoms. The number of amides is 4. The average Bonchev–Trinajstić information content (AvgIpc) is 1.47. The topological polar surface area (TPSA) is 349 Å². The van der Waals surface area contributed by atoms with Crippen LogP contribution in [0.3, 0.4) is 0 Å². The SMILES string of the molecule is CC[C@@]1(O)C(=O)OCc2c1cc1n(c2=O)Cc2c-1nc1cc(F)c(C)c3c1c2[C@@H](NC(=O)Oc1ccc(NC(=O)C(CCCCNN)NC(=O)[C@@H](NC(=O)CCOCCOCCOCCOCCOCCOCCN=[N+]=[N-])C(C)C)cc1)CC3. The van der Waals surface area contributed by atoms with Gasteiger partial charge >= 0.3 is 12.1 Å². The molecule has 0 saturated heterocycles. The number of anilines is 1. The number of rotatable bonds is 35. The van der Waals surface area contributed by atoms with Gasteiger partial charge in [0.25, 0.3) is 5.56 Å². The average molecular weight is 1170 g/mol. The highest BCUT2D eigenvalue weighted by Gasteiger charge is 2.46. The number of cyclic esters (lactones) is 1. The van der Waals surface area contributed by atoms with E-state index in [0.717, 1.165) is 5.56 Å². The molecular formula is C57H76FN11O15. The minimum absolute atomic E-state index is 0.0173. The summed E-state index contributed by atoms with van der Waals surface area (Å²) in [7, 11) is 0. The van der Waals surface area contributed by atoms with Crippen molar-refractivity contribution in [3.8, 4) is 17.1 Å². The number of aromatic nitrogens is 2. The van der Waals surface area contributed by atoms with E-state index in [1.165, 1.54) is 34.9 Å². The molecule has 0 fully saturated rings. The molecule has 8 N–H and O–H groups in total. The molecule has 26 nitrogen and oxygen atoms in total. The van der Waals surface area contributed by atoms with E-state index < -0.39 is 64.9 Å². The van der Waals surface area contributed by atoms with E-state index in [2.05, 4.69) is 36.7 Å². The second-order valence-electron chi connectivity index (χ2n) is 20.6. The highest BCUT2D eigenvalue weighted by Crippen LogP contribution is 2.46. The third kappa shape index (κ3) is 16.6. The standard InChI is InChI=1S/C57H76FN11O15/c1-5-57(76)41-30-46-51-39(32-69(46)54(73)40(41)33-83-55(57)74)49-43(14-13-38-35(4)42(58)31-45(64-51)48(38)49)66-56(75)84-37-11-9-36(10-12-37)63-52(71)44(8-6-7-16-61-59)65-53(72)50(34(2)3)67-47(70)15-18-77-20-22-79-24-26-81-28-29-82-27-25-80-23-21-78-19-17-62-68-60/h9-12,30-31,34,43-44,50,61,76H,5-8,13-29,32-33,59H2,1-4H3,(H,63,71)(H,65,72)(H,66,75)(H,67,70)/t43-,44?,50-,57-/m0/s1. The number of nitrogens with one attached hydrogen (secondary N) is 5. The number of pyridine rings is 2. The molecule has 4 aromatic rings. The number of nitrogens with zero attached hydrogens (tertiary/aromatic N) is 5. The summed E-state index contributed by atoms with van der Waals surface area (Å²) in [4.78, 5) is 88.7. The van der Waals surface area contributed by atoms with Gasteiger partial charge in [0.05, 0.1) is 114 Å². The Morgan fingerprint density at radius 3 is 2.15 bits per heavy atom. The van der Waals surface area contributed by atoms with Gasteiger partial charge in [-0.1, -0.05) is 25.9 Å². The number of halogens is 1. The Balaban J connectivity index is 0.871. The molecule has 4 amide bonds. The largest absolute Gasteiger partial charge is 0.458 e. The number of fused-ring (bicyclic) bond motifs is 5. The Morgan fingerprint density at radius 2 is 1.54 bits per heavy atom. The molecule has 0 bridgehead atoms. The number of esters is 1. The van der Waals surface area contributed by atoms with Crippen LogP contribution in [-0.4, -0.2) is 149 Å². The molecular weight excluding hydrogens is 1100 g/mol. The lowest BCUT2D eigenvalue weighted by Crippen LogP contribution is -2.54. The second kappa shape index (κ2) is 31.6. The predicted molar refractivity (Wildman–Crippen MR) is 303 cm³/mol. The number of unbranched alkanes of at least 4 members (excludes halogenated alkanes) is 1. The molecule has 1 aliphatic carbocycles. The number of hydrazine groups is 1. The van der Waals surface area contributed by atoms with E-state index in [1.807, 2.05) is 0 Å². The lowest BCUT2D eigenvalue weighted by molar-refractivity contribution is -0.172. The van der Waals surface area contributed by atoms with Crippen LogP contribution in [0.5, 0.6) is 5.75 Å². The first kappa shape index (κ1) is 64.4. The van der Waals surface area contributed by atoms with E-state index in [4.69, 9.17) is 54.3 Å². The Hall–Kier alpha value is -7.17. The summed E-state index contributed by atoms with van der Waals surface area (Å²) in [5.74, 6) is 2.49. The first-order valence-corrected chi connectivity index (χ1v) is 28.3. The number of carbonyl (C=O) groups is 5. The highest BCUT2D eigenvalue weighted by molar-refractivity contribution is 5.99. The van der Waals surface area contributed by atoms with Crippen LogP contribution in [0.25, 0.3) is 32.7 Å². The lowest BCUT2D eigenvalue weighted by atomic mass is 9.81. The number of azide groups is 1. The van der Waals surface area contributed by atoms with Gasteiger partial charge in [-0.05, 0) is 104 Å². The molecule has 0 spiro atoms. The molecule has 3 aliphatic rings. The van der Waals surface area contributed by atoms with Crippen LogP contribution < -0.4 is 42.8 Å². The minimum atomic E-state index is -2.05. The molecule has 1 unspecified atom stereocenters. The van der Waals surface area contributed by atoms with E-state index in [0.29, 0.717) is 136 Å². The van der Waals surface area contributed by atoms with Gasteiger partial charge in [-0.2, -0.15) is 0 Å². The van der Waals surface area contributed by atoms with Crippen molar-refractivity contribution in [1.29, 1.82) is 0 Å². The zero-order chi connectivity index (χ0) is 60.2. The zero-order valence-electron chi connectivity index (χ0n) is 47.9. The molecule has 0 saturated carbocycles. The molecule has 0 radical (unpaired) electrons. The van der Waals surface area contributed by atoms with Crippen molar-refractivity contribution in [1.82, 2.24) is 30.9 Å². The molecule has 2 aromatic carbocycles. The minimum Gasteiger partial charge on any atom is -0.458 e. The van der Waals surface area contributed by atoms with E-state index >= 15 is 4.39 Å². The van der Waals surface area contributed by atoms with Gasteiger partial charge in [0.15, 0.2) is 5.60 Å². The van der Waals surface area contributed by atoms with Crippen molar-refractivity contribution >= 4 is 46.4 Å². The number of carbonyl (C=O) groups excluding carboxylic acids is 5. The van der Waals surface area contributed by atoms with Crippen LogP contribution in [0.2, 0.25) is 0 Å². The first-order valence-electron chi connectivity index (χ1n) is 28.3. The molecule has 456 valence electrons. The van der Waals surface area contributed by atoms with Crippen molar-refractivity contribution in [2.24, 2.45) is 16.9 Å². The predicted octanol–water partition coefficient (Wildman–Crippen LogP) is 4.30. The normalized spacial score (nSPS) is 16.4. The van der Waals surface area contributed by atoms with Crippen LogP contribution in [-0.2, 0) is 77.5 Å². The lowest BCUT2D eigenvalue weighted by Gasteiger charge is -2.31. The van der Waals surface area contributed by atoms with Gasteiger partial charge in [0, 0.05) is 52.7 Å². The zero-order valence-corrected chi connectivity index (χ0v) is 47.9. The summed E-state index contributed by atoms with van der Waals surface area (Å²) in [5.41, 5.74) is 12.4. The third-order valence-electron chi connectivity index (χ3n) is 14.7. The van der Waals surface area contributed by atoms with Crippen molar-refractivity contribution in [2.45, 2.75) is 110 Å². The van der Waals surface area contributed by atoms with Crippen LogP contribution in [0.4, 0.5) is 14.9 Å². The number of ether oxygens (including phenoxy) is 8. The summed E-state index contributed by atoms with van der Waals surface area (Å²) >= 11 is 0. The van der Waals surface area contributed by atoms with Gasteiger partial charge in [0.1, 0.15) is 30.3 Å². The highest BCUT2D eigenvalue weighted by atomic mass is 19.1. The summed E-state index contributed by atoms with van der Waals surface area (Å²) in [6, 6.07) is 6.35. The number of hydrogen-bond donors (Lipinski definition) is 7. The van der Waals surface area contributed by atoms with Crippen molar-refractivity contribution < 1.29 is 71.4 Å². The molecule has 4 atom stereocenters. The van der Waals surface area contributed by atoms with Crippen molar-refractivity contribution in [2.75, 3.05) is 97.7 Å². The van der Waals surface area contributed by atoms with Crippen LogP contribution in [0.1, 0.15) is 98.7 Å². The fourth-order valence-electron chi connectivity index (χ4n) is 10.2. The van der Waals surface area contributed by atoms with E-state index in [-0.39, 0.29) is 81.6 Å². The number of hydrogen-bond acceptors (Lipinski definition) is 19. The van der Waals surface area contributed by atoms with Crippen LogP contribution in [0.15, 0.2) is 46.3 Å². The van der Waals surface area contributed by atoms with E-state index in [9.17, 15) is 33.9 Å².